The average molecular weight is 259 g/mol. The van der Waals surface area contributed by atoms with Crippen LogP contribution in [-0.4, -0.2) is 41.0 Å². The summed E-state index contributed by atoms with van der Waals surface area (Å²) in [5, 5.41) is 0. The first-order valence-electron chi connectivity index (χ1n) is 5.11. The van der Waals surface area contributed by atoms with E-state index < -0.39 is 15.9 Å². The standard InChI is InChI=1S/C11H17NO4S/c1-15-7-9(12)8-17(13,14)11-5-3-10(16-2)4-6-11/h3-6,9H,7-8,12H2,1-2H3. The molecule has 0 radical (unpaired) electrons. The third kappa shape index (κ3) is 3.99. The monoisotopic (exact) mass is 259 g/mol. The number of benzene rings is 1. The number of sulfone groups is 1. The Kier molecular flexibility index (Phi) is 4.92. The van der Waals surface area contributed by atoms with Crippen molar-refractivity contribution in [2.75, 3.05) is 26.6 Å². The van der Waals surface area contributed by atoms with Gasteiger partial charge in [-0.1, -0.05) is 0 Å². The van der Waals surface area contributed by atoms with Gasteiger partial charge in [-0.15, -0.1) is 0 Å². The Morgan fingerprint density at radius 2 is 1.82 bits per heavy atom. The van der Waals surface area contributed by atoms with Gasteiger partial charge < -0.3 is 15.2 Å². The van der Waals surface area contributed by atoms with Crippen LogP contribution in [0.2, 0.25) is 0 Å². The van der Waals surface area contributed by atoms with Gasteiger partial charge in [-0.05, 0) is 24.3 Å². The topological polar surface area (TPSA) is 78.6 Å². The third-order valence-corrected chi connectivity index (χ3v) is 4.09. The minimum absolute atomic E-state index is 0.132. The molecule has 1 aromatic carbocycles. The molecule has 17 heavy (non-hydrogen) atoms. The normalized spacial score (nSPS) is 13.4. The first-order valence-corrected chi connectivity index (χ1v) is 6.76. The Labute approximate surface area is 101 Å². The van der Waals surface area contributed by atoms with E-state index in [4.69, 9.17) is 15.2 Å². The number of methoxy groups -OCH3 is 2. The second-order valence-electron chi connectivity index (χ2n) is 3.67. The van der Waals surface area contributed by atoms with Gasteiger partial charge in [0.2, 0.25) is 0 Å². The highest BCUT2D eigenvalue weighted by atomic mass is 32.2. The van der Waals surface area contributed by atoms with Gasteiger partial charge in [0, 0.05) is 13.2 Å². The molecule has 6 heteroatoms. The van der Waals surface area contributed by atoms with Crippen molar-refractivity contribution < 1.29 is 17.9 Å². The second kappa shape index (κ2) is 6.00. The maximum Gasteiger partial charge on any atom is 0.179 e. The summed E-state index contributed by atoms with van der Waals surface area (Å²) in [4.78, 5) is 0.241. The summed E-state index contributed by atoms with van der Waals surface area (Å²) in [7, 11) is -0.355. The van der Waals surface area contributed by atoms with E-state index in [1.165, 1.54) is 26.4 Å². The summed E-state index contributed by atoms with van der Waals surface area (Å²) in [6, 6.07) is 5.71. The van der Waals surface area contributed by atoms with E-state index >= 15 is 0 Å². The van der Waals surface area contributed by atoms with Crippen LogP contribution in [-0.2, 0) is 14.6 Å². The fraction of sp³-hybridized carbons (Fsp3) is 0.455. The molecule has 0 spiro atoms. The largest absolute Gasteiger partial charge is 0.497 e. The number of nitrogens with two attached hydrogens (primary N) is 1. The first-order chi connectivity index (χ1) is 7.99. The molecule has 0 aliphatic heterocycles. The molecule has 0 fully saturated rings. The van der Waals surface area contributed by atoms with Gasteiger partial charge in [0.25, 0.3) is 0 Å². The van der Waals surface area contributed by atoms with Crippen molar-refractivity contribution in [3.05, 3.63) is 24.3 Å². The SMILES string of the molecule is COCC(N)CS(=O)(=O)c1ccc(OC)cc1. The quantitative estimate of drug-likeness (QED) is 0.802. The Bertz CT molecular complexity index is 441. The predicted molar refractivity (Wildman–Crippen MR) is 64.9 cm³/mol. The highest BCUT2D eigenvalue weighted by Crippen LogP contribution is 2.17. The highest BCUT2D eigenvalue weighted by molar-refractivity contribution is 7.91. The van der Waals surface area contributed by atoms with Crippen molar-refractivity contribution >= 4 is 9.84 Å². The Morgan fingerprint density at radius 3 is 2.29 bits per heavy atom. The summed E-state index contributed by atoms with van der Waals surface area (Å²) in [6.45, 7) is 0.218. The van der Waals surface area contributed by atoms with Crippen molar-refractivity contribution in [2.45, 2.75) is 10.9 Å². The lowest BCUT2D eigenvalue weighted by Crippen LogP contribution is -2.33. The van der Waals surface area contributed by atoms with Crippen LogP contribution in [0.3, 0.4) is 0 Å². The molecule has 0 heterocycles. The number of hydrogen-bond donors (Lipinski definition) is 1. The summed E-state index contributed by atoms with van der Waals surface area (Å²) in [6.07, 6.45) is 0. The van der Waals surface area contributed by atoms with E-state index in [1.807, 2.05) is 0 Å². The first kappa shape index (κ1) is 14.0. The molecule has 1 aromatic rings. The zero-order valence-corrected chi connectivity index (χ0v) is 10.7. The van der Waals surface area contributed by atoms with Crippen molar-refractivity contribution in [3.8, 4) is 5.75 Å². The summed E-state index contributed by atoms with van der Waals surface area (Å²) >= 11 is 0. The molecule has 5 nitrogen and oxygen atoms in total. The fourth-order valence-corrected chi connectivity index (χ4v) is 2.83. The minimum atomic E-state index is -3.37. The molecule has 0 aromatic heterocycles. The number of ether oxygens (including phenoxy) is 2. The number of rotatable bonds is 6. The second-order valence-corrected chi connectivity index (χ2v) is 5.71. The Hall–Kier alpha value is -1.11. The smallest absolute Gasteiger partial charge is 0.179 e. The highest BCUT2D eigenvalue weighted by Gasteiger charge is 2.18. The van der Waals surface area contributed by atoms with Crippen LogP contribution in [0.5, 0.6) is 5.75 Å². The van der Waals surface area contributed by atoms with Crippen LogP contribution in [0, 0.1) is 0 Å². The van der Waals surface area contributed by atoms with E-state index in [0.29, 0.717) is 5.75 Å². The lowest BCUT2D eigenvalue weighted by molar-refractivity contribution is 0.186. The predicted octanol–water partition coefficient (Wildman–Crippen LogP) is 0.443. The van der Waals surface area contributed by atoms with E-state index in [-0.39, 0.29) is 17.3 Å². The molecule has 0 amide bonds. The minimum Gasteiger partial charge on any atom is -0.497 e. The van der Waals surface area contributed by atoms with Gasteiger partial charge in [0.05, 0.1) is 24.4 Å². The van der Waals surface area contributed by atoms with Crippen LogP contribution < -0.4 is 10.5 Å². The van der Waals surface area contributed by atoms with Crippen molar-refractivity contribution in [1.29, 1.82) is 0 Å². The Balaban J connectivity index is 2.82. The molecular formula is C11H17NO4S. The average Bonchev–Trinajstić information content (AvgIpc) is 2.28. The molecule has 1 unspecified atom stereocenters. The molecule has 2 N–H and O–H groups in total. The van der Waals surface area contributed by atoms with Gasteiger partial charge >= 0.3 is 0 Å². The van der Waals surface area contributed by atoms with Crippen molar-refractivity contribution in [1.82, 2.24) is 0 Å². The molecule has 0 saturated carbocycles. The maximum absolute atomic E-state index is 11.9. The van der Waals surface area contributed by atoms with Crippen molar-refractivity contribution in [3.63, 3.8) is 0 Å². The number of hydrogen-bond acceptors (Lipinski definition) is 5. The van der Waals surface area contributed by atoms with Crippen LogP contribution in [0.4, 0.5) is 0 Å². The molecular weight excluding hydrogens is 242 g/mol. The zero-order valence-electron chi connectivity index (χ0n) is 9.92. The third-order valence-electron chi connectivity index (χ3n) is 2.23. The molecule has 0 aliphatic rings. The van der Waals surface area contributed by atoms with Crippen LogP contribution >= 0.6 is 0 Å². The molecule has 1 atom stereocenters. The van der Waals surface area contributed by atoms with Crippen LogP contribution in [0.15, 0.2) is 29.2 Å². The molecule has 1 rings (SSSR count). The lowest BCUT2D eigenvalue weighted by atomic mass is 10.3. The van der Waals surface area contributed by atoms with Crippen LogP contribution in [0.1, 0.15) is 0 Å². The van der Waals surface area contributed by atoms with E-state index in [9.17, 15) is 8.42 Å². The lowest BCUT2D eigenvalue weighted by Gasteiger charge is -2.11. The fourth-order valence-electron chi connectivity index (χ4n) is 1.42. The van der Waals surface area contributed by atoms with Gasteiger partial charge in [-0.3, -0.25) is 0 Å². The summed E-state index contributed by atoms with van der Waals surface area (Å²) in [5.41, 5.74) is 5.63. The van der Waals surface area contributed by atoms with Gasteiger partial charge in [-0.2, -0.15) is 0 Å². The zero-order chi connectivity index (χ0) is 12.9. The van der Waals surface area contributed by atoms with E-state index in [2.05, 4.69) is 0 Å². The van der Waals surface area contributed by atoms with Gasteiger partial charge in [0.15, 0.2) is 9.84 Å². The van der Waals surface area contributed by atoms with Gasteiger partial charge in [0.1, 0.15) is 5.75 Å². The van der Waals surface area contributed by atoms with Crippen molar-refractivity contribution in [2.24, 2.45) is 5.73 Å². The Morgan fingerprint density at radius 1 is 1.24 bits per heavy atom. The van der Waals surface area contributed by atoms with Crippen LogP contribution in [0.25, 0.3) is 0 Å². The maximum atomic E-state index is 11.9. The van der Waals surface area contributed by atoms with E-state index in [0.717, 1.165) is 0 Å². The molecule has 96 valence electrons. The summed E-state index contributed by atoms with van der Waals surface area (Å²) in [5.74, 6) is 0.484. The molecule has 0 bridgehead atoms. The molecule has 0 saturated heterocycles. The van der Waals surface area contributed by atoms with Gasteiger partial charge in [-0.25, -0.2) is 8.42 Å². The molecule has 0 aliphatic carbocycles. The summed E-state index contributed by atoms with van der Waals surface area (Å²) < 4.78 is 33.7. The van der Waals surface area contributed by atoms with E-state index in [1.54, 1.807) is 12.1 Å².